The number of hydrogen-bond acceptors (Lipinski definition) is 8. The van der Waals surface area contributed by atoms with E-state index in [4.69, 9.17) is 16.3 Å². The minimum Gasteiger partial charge on any atom is -1.00 e. The fourth-order valence-corrected chi connectivity index (χ4v) is 10.3. The molecule has 0 saturated carbocycles. The SMILES string of the molecule is Cc1cc(Br)c(C(C)C)cc1O.Cc1cc(Br)c(C(C)C)cc1OCN1C(=O)c2ccccc2S1(=O)=O.O=C1c2ccccc2S(=O)(=O)N1CCl.[I-].[Na+]. The Kier molecular flexibility index (Phi) is 17.4. The van der Waals surface area contributed by atoms with Crippen molar-refractivity contribution in [2.75, 3.05) is 12.7 Å². The predicted molar refractivity (Wildman–Crippen MR) is 203 cm³/mol. The average Bonchev–Trinajstić information content (AvgIpc) is 3.39. The Hall–Kier alpha value is -1.70. The zero-order valence-electron chi connectivity index (χ0n) is 30.0. The first-order valence-corrected chi connectivity index (χ1v) is 20.6. The molecule has 0 aromatic heterocycles. The number of sulfonamides is 2. The van der Waals surface area contributed by atoms with Crippen LogP contribution in [-0.4, -0.2) is 55.1 Å². The maximum atomic E-state index is 12.5. The summed E-state index contributed by atoms with van der Waals surface area (Å²) in [5, 5.41) is 9.45. The first-order chi connectivity index (χ1) is 23.8. The summed E-state index contributed by atoms with van der Waals surface area (Å²) in [7, 11) is -7.56. The summed E-state index contributed by atoms with van der Waals surface area (Å²) < 4.78 is 57.6. The van der Waals surface area contributed by atoms with Crippen LogP contribution in [0.2, 0.25) is 0 Å². The maximum absolute atomic E-state index is 12.5. The molecule has 0 spiro atoms. The van der Waals surface area contributed by atoms with Crippen molar-refractivity contribution in [2.45, 2.75) is 63.2 Å². The molecule has 10 nitrogen and oxygen atoms in total. The summed E-state index contributed by atoms with van der Waals surface area (Å²) in [5.74, 6) is 0.530. The van der Waals surface area contributed by atoms with Crippen molar-refractivity contribution in [3.8, 4) is 11.5 Å². The van der Waals surface area contributed by atoms with E-state index in [0.29, 0.717) is 21.7 Å². The van der Waals surface area contributed by atoms with Crippen LogP contribution in [0.15, 0.2) is 91.5 Å². The average molecular weight is 1030 g/mol. The fourth-order valence-electron chi connectivity index (χ4n) is 5.22. The minimum atomic E-state index is -3.86. The Bertz CT molecular complexity index is 2230. The number of fused-ring (bicyclic) bond motifs is 2. The molecule has 0 atom stereocenters. The van der Waals surface area contributed by atoms with Gasteiger partial charge in [0.25, 0.3) is 31.9 Å². The van der Waals surface area contributed by atoms with Crippen molar-refractivity contribution < 1.29 is 89.8 Å². The number of phenolic OH excluding ortho intramolecular Hbond substituents is 1. The summed E-state index contributed by atoms with van der Waals surface area (Å²) in [6.45, 7) is 11.7. The third-order valence-corrected chi connectivity index (χ3v) is 13.4. The van der Waals surface area contributed by atoms with E-state index in [1.54, 1.807) is 24.3 Å². The third-order valence-electron chi connectivity index (χ3n) is 8.12. The maximum Gasteiger partial charge on any atom is 1.00 e. The molecular formula is C36H37Br2ClIN2NaO8S2. The van der Waals surface area contributed by atoms with Crippen LogP contribution in [0.1, 0.15) is 82.5 Å². The van der Waals surface area contributed by atoms with Crippen LogP contribution in [0.5, 0.6) is 11.5 Å². The van der Waals surface area contributed by atoms with Gasteiger partial charge in [-0.25, -0.2) is 21.1 Å². The fraction of sp³-hybridized carbons (Fsp3) is 0.278. The van der Waals surface area contributed by atoms with E-state index >= 15 is 0 Å². The molecule has 280 valence electrons. The molecule has 0 bridgehead atoms. The van der Waals surface area contributed by atoms with Gasteiger partial charge in [0.05, 0.1) is 11.1 Å². The molecule has 0 fully saturated rings. The second kappa shape index (κ2) is 19.4. The van der Waals surface area contributed by atoms with Crippen molar-refractivity contribution in [1.82, 2.24) is 8.61 Å². The zero-order valence-corrected chi connectivity index (χ0v) is 39.7. The number of alkyl halides is 1. The molecule has 53 heavy (non-hydrogen) atoms. The van der Waals surface area contributed by atoms with Crippen LogP contribution in [-0.2, 0) is 20.0 Å². The molecule has 0 radical (unpaired) electrons. The quantitative estimate of drug-likeness (QED) is 0.135. The van der Waals surface area contributed by atoms with Gasteiger partial charge >= 0.3 is 29.6 Å². The first-order valence-electron chi connectivity index (χ1n) is 15.6. The molecule has 17 heteroatoms. The second-order valence-electron chi connectivity index (χ2n) is 12.3. The summed E-state index contributed by atoms with van der Waals surface area (Å²) in [4.78, 5) is 24.0. The van der Waals surface area contributed by atoms with E-state index in [0.717, 1.165) is 35.5 Å². The first kappa shape index (κ1) is 47.5. The smallest absolute Gasteiger partial charge is 1.00 e. The van der Waals surface area contributed by atoms with Crippen LogP contribution in [0, 0.1) is 13.8 Å². The normalized spacial score (nSPS) is 14.6. The molecule has 4 aromatic rings. The van der Waals surface area contributed by atoms with E-state index in [2.05, 4.69) is 59.6 Å². The molecule has 4 aromatic carbocycles. The molecule has 2 heterocycles. The van der Waals surface area contributed by atoms with Gasteiger partial charge in [-0.05, 0) is 96.5 Å². The largest absolute Gasteiger partial charge is 1.00 e. The van der Waals surface area contributed by atoms with Gasteiger partial charge in [-0.15, -0.1) is 11.6 Å². The van der Waals surface area contributed by atoms with Crippen LogP contribution in [0.25, 0.3) is 0 Å². The molecule has 0 saturated heterocycles. The van der Waals surface area contributed by atoms with E-state index < -0.39 is 31.9 Å². The van der Waals surface area contributed by atoms with Crippen molar-refractivity contribution in [1.29, 1.82) is 0 Å². The van der Waals surface area contributed by atoms with Gasteiger partial charge < -0.3 is 33.8 Å². The summed E-state index contributed by atoms with van der Waals surface area (Å²) in [6, 6.07) is 19.5. The van der Waals surface area contributed by atoms with Crippen LogP contribution >= 0.6 is 43.5 Å². The van der Waals surface area contributed by atoms with E-state index in [1.165, 1.54) is 24.3 Å². The number of aryl methyl sites for hydroxylation is 2. The van der Waals surface area contributed by atoms with E-state index in [9.17, 15) is 31.5 Å². The van der Waals surface area contributed by atoms with Gasteiger partial charge in [-0.1, -0.05) is 83.8 Å². The molecule has 0 aliphatic carbocycles. The number of hydrogen-bond donors (Lipinski definition) is 1. The number of phenols is 1. The number of nitrogens with zero attached hydrogens (tertiary/aromatic N) is 2. The van der Waals surface area contributed by atoms with E-state index in [-0.39, 0.29) is 93.1 Å². The standard InChI is InChI=1S/C18H18BrNO4S.C10H13BrO.C8H6ClNO3S.HI.Na/c1-11(2)14-9-16(12(3)8-15(14)19)24-10-20-18(21)13-6-4-5-7-17(13)25(20,22)23;1-6(2)8-5-10(12)7(3)4-9(8)11;9-5-10-8(11)6-3-1-2-4-7(6)14(10,12)13;;/h4-9,11H,10H2,1-3H3;4-6,12H,1-3H3;1-4H,5H2;1H;/q;;;;+1/p-1. The van der Waals surface area contributed by atoms with Gasteiger partial charge in [0, 0.05) is 8.95 Å². The number of ether oxygens (including phenoxy) is 1. The number of rotatable bonds is 6. The van der Waals surface area contributed by atoms with Crippen LogP contribution < -0.4 is 58.3 Å². The molecule has 2 amide bonds. The number of carbonyl (C=O) groups is 2. The number of benzene rings is 4. The van der Waals surface area contributed by atoms with Crippen molar-refractivity contribution >= 4 is 75.3 Å². The van der Waals surface area contributed by atoms with E-state index in [1.807, 2.05) is 38.1 Å². The van der Waals surface area contributed by atoms with Gasteiger partial charge in [0.15, 0.2) is 6.73 Å². The Morgan fingerprint density at radius 1 is 0.717 bits per heavy atom. The number of aromatic hydroxyl groups is 1. The van der Waals surface area contributed by atoms with Crippen LogP contribution in [0.3, 0.4) is 0 Å². The van der Waals surface area contributed by atoms with Gasteiger partial charge in [0.1, 0.15) is 27.3 Å². The Morgan fingerprint density at radius 3 is 1.58 bits per heavy atom. The molecular weight excluding hydrogens is 998 g/mol. The molecule has 2 aliphatic heterocycles. The molecule has 0 unspecified atom stereocenters. The van der Waals surface area contributed by atoms with Gasteiger partial charge in [-0.2, -0.15) is 4.31 Å². The molecule has 2 aliphatic rings. The summed E-state index contributed by atoms with van der Waals surface area (Å²) in [6.07, 6.45) is 0. The molecule has 1 N–H and O–H groups in total. The predicted octanol–water partition coefficient (Wildman–Crippen LogP) is 2.68. The second-order valence-corrected chi connectivity index (χ2v) is 17.9. The zero-order chi connectivity index (χ0) is 38.0. The monoisotopic (exact) mass is 1030 g/mol. The van der Waals surface area contributed by atoms with Crippen molar-refractivity contribution in [3.63, 3.8) is 0 Å². The third kappa shape index (κ3) is 10.2. The Balaban J connectivity index is 0.000000295. The van der Waals surface area contributed by atoms with Crippen molar-refractivity contribution in [3.05, 3.63) is 115 Å². The Labute approximate surface area is 372 Å². The van der Waals surface area contributed by atoms with Gasteiger partial charge in [0.2, 0.25) is 0 Å². The minimum absolute atomic E-state index is 0. The number of halogens is 4. The Morgan fingerprint density at radius 2 is 1.13 bits per heavy atom. The topological polar surface area (TPSA) is 138 Å². The van der Waals surface area contributed by atoms with Crippen LogP contribution in [0.4, 0.5) is 0 Å². The number of carbonyl (C=O) groups excluding carboxylic acids is 2. The van der Waals surface area contributed by atoms with Crippen molar-refractivity contribution in [2.24, 2.45) is 0 Å². The summed E-state index contributed by atoms with van der Waals surface area (Å²) >= 11 is 12.4. The van der Waals surface area contributed by atoms with Gasteiger partial charge in [-0.3, -0.25) is 9.59 Å². The summed E-state index contributed by atoms with van der Waals surface area (Å²) in [5.41, 5.74) is 4.34. The molecule has 6 rings (SSSR count). The number of amides is 2.